The SMILES string of the molecule is CCC(O)CN1CCN(C(=O)C(C)O)CC1. The number of carbonyl (C=O) groups is 1. The van der Waals surface area contributed by atoms with Gasteiger partial charge in [-0.25, -0.2) is 0 Å². The molecular formula is C11H22N2O3. The van der Waals surface area contributed by atoms with E-state index in [0.29, 0.717) is 19.6 Å². The van der Waals surface area contributed by atoms with Crippen molar-refractivity contribution < 1.29 is 15.0 Å². The first-order chi connectivity index (χ1) is 7.54. The zero-order valence-electron chi connectivity index (χ0n) is 10.1. The van der Waals surface area contributed by atoms with Crippen molar-refractivity contribution in [2.24, 2.45) is 0 Å². The van der Waals surface area contributed by atoms with E-state index in [4.69, 9.17) is 0 Å². The van der Waals surface area contributed by atoms with Crippen molar-refractivity contribution in [2.45, 2.75) is 32.5 Å². The fraction of sp³-hybridized carbons (Fsp3) is 0.909. The third kappa shape index (κ3) is 3.73. The summed E-state index contributed by atoms with van der Waals surface area (Å²) in [6.07, 6.45) is -0.431. The number of aliphatic hydroxyl groups is 2. The van der Waals surface area contributed by atoms with E-state index in [1.54, 1.807) is 4.90 Å². The van der Waals surface area contributed by atoms with Gasteiger partial charge in [-0.15, -0.1) is 0 Å². The van der Waals surface area contributed by atoms with E-state index in [-0.39, 0.29) is 12.0 Å². The lowest BCUT2D eigenvalue weighted by atomic mass is 10.2. The topological polar surface area (TPSA) is 64.0 Å². The summed E-state index contributed by atoms with van der Waals surface area (Å²) in [5.41, 5.74) is 0. The molecule has 1 aliphatic rings. The monoisotopic (exact) mass is 230 g/mol. The standard InChI is InChI=1S/C11H22N2O3/c1-3-10(15)8-12-4-6-13(7-5-12)11(16)9(2)14/h9-10,14-15H,3-8H2,1-2H3. The van der Waals surface area contributed by atoms with Gasteiger partial charge in [0.05, 0.1) is 6.10 Å². The predicted molar refractivity (Wildman–Crippen MR) is 61.0 cm³/mol. The second-order valence-electron chi connectivity index (χ2n) is 4.36. The van der Waals surface area contributed by atoms with Gasteiger partial charge in [0.15, 0.2) is 0 Å². The predicted octanol–water partition coefficient (Wildman–Crippen LogP) is -0.718. The van der Waals surface area contributed by atoms with Crippen LogP contribution in [0.3, 0.4) is 0 Å². The first-order valence-corrected chi connectivity index (χ1v) is 5.91. The van der Waals surface area contributed by atoms with E-state index in [1.807, 2.05) is 6.92 Å². The average molecular weight is 230 g/mol. The van der Waals surface area contributed by atoms with Crippen LogP contribution in [0, 0.1) is 0 Å². The van der Waals surface area contributed by atoms with Crippen molar-refractivity contribution in [3.63, 3.8) is 0 Å². The van der Waals surface area contributed by atoms with Crippen LogP contribution in [-0.2, 0) is 4.79 Å². The first kappa shape index (κ1) is 13.4. The van der Waals surface area contributed by atoms with Crippen molar-refractivity contribution in [1.29, 1.82) is 0 Å². The minimum atomic E-state index is -0.909. The van der Waals surface area contributed by atoms with Crippen LogP contribution in [0.2, 0.25) is 0 Å². The van der Waals surface area contributed by atoms with E-state index in [1.165, 1.54) is 6.92 Å². The molecule has 5 nitrogen and oxygen atoms in total. The summed E-state index contributed by atoms with van der Waals surface area (Å²) in [5.74, 6) is -0.198. The minimum absolute atomic E-state index is 0.198. The maximum Gasteiger partial charge on any atom is 0.251 e. The molecule has 0 radical (unpaired) electrons. The van der Waals surface area contributed by atoms with Crippen LogP contribution in [-0.4, -0.2) is 70.9 Å². The van der Waals surface area contributed by atoms with E-state index >= 15 is 0 Å². The molecule has 1 aliphatic heterocycles. The van der Waals surface area contributed by atoms with Crippen molar-refractivity contribution in [3.05, 3.63) is 0 Å². The highest BCUT2D eigenvalue weighted by Crippen LogP contribution is 2.05. The van der Waals surface area contributed by atoms with Gasteiger partial charge < -0.3 is 15.1 Å². The molecule has 2 N–H and O–H groups in total. The first-order valence-electron chi connectivity index (χ1n) is 5.91. The Morgan fingerprint density at radius 2 is 1.81 bits per heavy atom. The molecule has 2 atom stereocenters. The van der Waals surface area contributed by atoms with E-state index in [9.17, 15) is 15.0 Å². The molecule has 0 aromatic heterocycles. The highest BCUT2D eigenvalue weighted by atomic mass is 16.3. The lowest BCUT2D eigenvalue weighted by Crippen LogP contribution is -2.52. The van der Waals surface area contributed by atoms with Gasteiger partial charge >= 0.3 is 0 Å². The molecule has 0 aromatic rings. The Kier molecular flexibility index (Phi) is 5.18. The van der Waals surface area contributed by atoms with Gasteiger partial charge in [-0.05, 0) is 13.3 Å². The minimum Gasteiger partial charge on any atom is -0.392 e. The summed E-state index contributed by atoms with van der Waals surface area (Å²) in [6.45, 7) is 6.95. The molecule has 2 unspecified atom stereocenters. The Hall–Kier alpha value is -0.650. The highest BCUT2D eigenvalue weighted by Gasteiger charge is 2.24. The van der Waals surface area contributed by atoms with Crippen LogP contribution in [0.5, 0.6) is 0 Å². The fourth-order valence-corrected chi connectivity index (χ4v) is 1.84. The molecule has 1 fully saturated rings. The van der Waals surface area contributed by atoms with Crippen LogP contribution in [0.1, 0.15) is 20.3 Å². The lowest BCUT2D eigenvalue weighted by Gasteiger charge is -2.36. The van der Waals surface area contributed by atoms with Crippen molar-refractivity contribution >= 4 is 5.91 Å². The van der Waals surface area contributed by atoms with E-state index < -0.39 is 6.10 Å². The van der Waals surface area contributed by atoms with Gasteiger partial charge in [0.2, 0.25) is 0 Å². The van der Waals surface area contributed by atoms with Crippen molar-refractivity contribution in [3.8, 4) is 0 Å². The van der Waals surface area contributed by atoms with E-state index in [2.05, 4.69) is 4.90 Å². The van der Waals surface area contributed by atoms with Crippen LogP contribution >= 0.6 is 0 Å². The molecule has 16 heavy (non-hydrogen) atoms. The second kappa shape index (κ2) is 6.18. The zero-order valence-corrected chi connectivity index (χ0v) is 10.1. The fourth-order valence-electron chi connectivity index (χ4n) is 1.84. The quantitative estimate of drug-likeness (QED) is 0.669. The van der Waals surface area contributed by atoms with Gasteiger partial charge in [-0.2, -0.15) is 0 Å². The number of amides is 1. The van der Waals surface area contributed by atoms with Gasteiger partial charge in [-0.1, -0.05) is 6.92 Å². The molecular weight excluding hydrogens is 208 g/mol. The summed E-state index contributed by atoms with van der Waals surface area (Å²) >= 11 is 0. The molecule has 0 bridgehead atoms. The second-order valence-corrected chi connectivity index (χ2v) is 4.36. The largest absolute Gasteiger partial charge is 0.392 e. The molecule has 1 heterocycles. The Labute approximate surface area is 96.7 Å². The Morgan fingerprint density at radius 1 is 1.25 bits per heavy atom. The summed E-state index contributed by atoms with van der Waals surface area (Å²) < 4.78 is 0. The number of hydrogen-bond acceptors (Lipinski definition) is 4. The summed E-state index contributed by atoms with van der Waals surface area (Å²) in [4.78, 5) is 15.3. The maximum absolute atomic E-state index is 11.5. The third-order valence-corrected chi connectivity index (χ3v) is 2.98. The van der Waals surface area contributed by atoms with Crippen LogP contribution in [0.15, 0.2) is 0 Å². The van der Waals surface area contributed by atoms with Crippen LogP contribution in [0.4, 0.5) is 0 Å². The van der Waals surface area contributed by atoms with Crippen LogP contribution in [0.25, 0.3) is 0 Å². The number of hydrogen-bond donors (Lipinski definition) is 2. The van der Waals surface area contributed by atoms with Crippen molar-refractivity contribution in [1.82, 2.24) is 9.80 Å². The molecule has 5 heteroatoms. The van der Waals surface area contributed by atoms with E-state index in [0.717, 1.165) is 19.5 Å². The zero-order chi connectivity index (χ0) is 12.1. The smallest absolute Gasteiger partial charge is 0.251 e. The number of nitrogens with zero attached hydrogens (tertiary/aromatic N) is 2. The van der Waals surface area contributed by atoms with Crippen LogP contribution < -0.4 is 0 Å². The van der Waals surface area contributed by atoms with Gasteiger partial charge in [0.1, 0.15) is 6.10 Å². The molecule has 1 rings (SSSR count). The van der Waals surface area contributed by atoms with Gasteiger partial charge in [0.25, 0.3) is 5.91 Å². The molecule has 1 amide bonds. The Morgan fingerprint density at radius 3 is 2.25 bits per heavy atom. The third-order valence-electron chi connectivity index (χ3n) is 2.98. The maximum atomic E-state index is 11.5. The average Bonchev–Trinajstić information content (AvgIpc) is 2.28. The molecule has 0 aromatic carbocycles. The molecule has 0 saturated carbocycles. The Bertz CT molecular complexity index is 225. The number of β-amino-alcohol motifs (C(OH)–C–C–N with tert-alkyl or cyclic N) is 1. The summed E-state index contributed by atoms with van der Waals surface area (Å²) in [5, 5.41) is 18.7. The molecule has 0 spiro atoms. The summed E-state index contributed by atoms with van der Waals surface area (Å²) in [6, 6.07) is 0. The highest BCUT2D eigenvalue weighted by molar-refractivity contribution is 5.80. The molecule has 94 valence electrons. The van der Waals surface area contributed by atoms with Gasteiger partial charge in [0, 0.05) is 32.7 Å². The number of carbonyl (C=O) groups excluding carboxylic acids is 1. The van der Waals surface area contributed by atoms with Crippen molar-refractivity contribution in [2.75, 3.05) is 32.7 Å². The lowest BCUT2D eigenvalue weighted by molar-refractivity contribution is -0.141. The molecule has 0 aliphatic carbocycles. The normalized spacial score (nSPS) is 21.9. The van der Waals surface area contributed by atoms with Gasteiger partial charge in [-0.3, -0.25) is 9.69 Å². The number of aliphatic hydroxyl groups excluding tert-OH is 2. The summed E-state index contributed by atoms with van der Waals surface area (Å²) in [7, 11) is 0. The number of rotatable bonds is 4. The number of piperazine rings is 1. The molecule has 1 saturated heterocycles. The Balaban J connectivity index is 2.31.